The summed E-state index contributed by atoms with van der Waals surface area (Å²) in [5.74, 6) is 0. The molecule has 1 saturated heterocycles. The Bertz CT molecular complexity index is 265. The molecule has 0 amide bonds. The predicted molar refractivity (Wildman–Crippen MR) is 45.6 cm³/mol. The zero-order valence-corrected chi connectivity index (χ0v) is 8.54. The Morgan fingerprint density at radius 3 is 1.56 bits per heavy atom. The Labute approximate surface area is 88.7 Å². The van der Waals surface area contributed by atoms with Crippen molar-refractivity contribution in [1.82, 2.24) is 4.90 Å². The maximum Gasteiger partial charge on any atom is 0.422 e. The van der Waals surface area contributed by atoms with Gasteiger partial charge in [-0.1, -0.05) is 0 Å². The number of nitrogens with zero attached hydrogens (tertiary/aromatic N) is 1. The lowest BCUT2D eigenvalue weighted by Gasteiger charge is -2.25. The summed E-state index contributed by atoms with van der Waals surface area (Å²) < 4.78 is 73.9. The number of alkyl halides is 6. The van der Waals surface area contributed by atoms with Gasteiger partial charge in [-0.3, -0.25) is 0 Å². The minimum Gasteiger partial charge on any atom is -0.375 e. The van der Waals surface area contributed by atoms with E-state index in [2.05, 4.69) is 0 Å². The van der Waals surface area contributed by atoms with Crippen LogP contribution in [0.2, 0.25) is 0 Å². The van der Waals surface area contributed by atoms with Crippen molar-refractivity contribution in [1.29, 1.82) is 0 Å². The van der Waals surface area contributed by atoms with Crippen molar-refractivity contribution < 1.29 is 26.3 Å². The van der Waals surface area contributed by atoms with E-state index in [1.54, 1.807) is 0 Å². The predicted octanol–water partition coefficient (Wildman–Crippen LogP) is 3.48. The summed E-state index contributed by atoms with van der Waals surface area (Å²) in [6, 6.07) is 0. The van der Waals surface area contributed by atoms with Crippen LogP contribution in [-0.2, 0) is 0 Å². The highest BCUT2D eigenvalue weighted by molar-refractivity contribution is 5.22. The molecule has 1 heterocycles. The van der Waals surface area contributed by atoms with Crippen LogP contribution in [0.25, 0.3) is 0 Å². The third-order valence-corrected chi connectivity index (χ3v) is 2.51. The van der Waals surface area contributed by atoms with E-state index in [0.29, 0.717) is 12.8 Å². The molecule has 7 heteroatoms. The highest BCUT2D eigenvalue weighted by Crippen LogP contribution is 2.41. The molecule has 16 heavy (non-hydrogen) atoms. The summed E-state index contributed by atoms with van der Waals surface area (Å²) in [6.07, 6.45) is -9.46. The van der Waals surface area contributed by atoms with Crippen LogP contribution >= 0.6 is 0 Å². The topological polar surface area (TPSA) is 3.24 Å². The number of rotatable bonds is 1. The molecule has 0 aromatic rings. The molecule has 0 saturated carbocycles. The number of likely N-dealkylation sites (tertiary alicyclic amines) is 1. The Hall–Kier alpha value is -0.880. The fraction of sp³-hybridized carbons (Fsp3) is 0.778. The molecule has 0 aliphatic carbocycles. The van der Waals surface area contributed by atoms with Gasteiger partial charge in [0.05, 0.1) is 0 Å². The van der Waals surface area contributed by atoms with Crippen LogP contribution in [0.15, 0.2) is 11.3 Å². The minimum absolute atomic E-state index is 0.251. The largest absolute Gasteiger partial charge is 0.422 e. The van der Waals surface area contributed by atoms with Gasteiger partial charge in [-0.2, -0.15) is 26.3 Å². The van der Waals surface area contributed by atoms with E-state index in [9.17, 15) is 26.3 Å². The van der Waals surface area contributed by atoms with E-state index in [1.165, 1.54) is 0 Å². The van der Waals surface area contributed by atoms with Crippen molar-refractivity contribution in [3.8, 4) is 0 Å². The van der Waals surface area contributed by atoms with Crippen molar-refractivity contribution in [3.05, 3.63) is 11.3 Å². The first-order valence-electron chi connectivity index (χ1n) is 4.74. The summed E-state index contributed by atoms with van der Waals surface area (Å²) in [5, 5.41) is 0. The molecule has 1 aliphatic rings. The molecule has 1 fully saturated rings. The van der Waals surface area contributed by atoms with Gasteiger partial charge < -0.3 is 4.90 Å². The van der Waals surface area contributed by atoms with Gasteiger partial charge in [0.1, 0.15) is 0 Å². The molecule has 0 aromatic carbocycles. The van der Waals surface area contributed by atoms with Crippen LogP contribution < -0.4 is 0 Å². The molecule has 0 bridgehead atoms. The zero-order chi connectivity index (χ0) is 12.6. The van der Waals surface area contributed by atoms with Crippen molar-refractivity contribution in [3.63, 3.8) is 0 Å². The van der Waals surface area contributed by atoms with Gasteiger partial charge in [-0.15, -0.1) is 0 Å². The second-order valence-corrected chi connectivity index (χ2v) is 3.65. The standard InChI is InChI=1S/C9H11F6N/c1-6(16-4-2-3-5-16)7(8(10,11)12)9(13,14)15/h2-5H2,1H3. The fourth-order valence-corrected chi connectivity index (χ4v) is 1.78. The van der Waals surface area contributed by atoms with Crippen molar-refractivity contribution >= 4 is 0 Å². The number of allylic oxidation sites excluding steroid dienone is 2. The smallest absolute Gasteiger partial charge is 0.375 e. The Morgan fingerprint density at radius 2 is 1.25 bits per heavy atom. The quantitative estimate of drug-likeness (QED) is 0.641. The maximum atomic E-state index is 12.3. The molecule has 94 valence electrons. The van der Waals surface area contributed by atoms with Gasteiger partial charge >= 0.3 is 12.4 Å². The van der Waals surface area contributed by atoms with Crippen LogP contribution in [0, 0.1) is 0 Å². The third kappa shape index (κ3) is 2.82. The van der Waals surface area contributed by atoms with Crippen molar-refractivity contribution in [2.45, 2.75) is 32.1 Å². The third-order valence-electron chi connectivity index (χ3n) is 2.51. The number of halogens is 6. The molecule has 0 atom stereocenters. The molecule has 0 N–H and O–H groups in total. The first-order chi connectivity index (χ1) is 7.14. The monoisotopic (exact) mass is 247 g/mol. The highest BCUT2D eigenvalue weighted by Gasteiger charge is 2.53. The SMILES string of the molecule is CC(=C(C(F)(F)F)C(F)(F)F)N1CCCC1. The molecule has 1 rings (SSSR count). The van der Waals surface area contributed by atoms with E-state index in [-0.39, 0.29) is 13.1 Å². The van der Waals surface area contributed by atoms with Gasteiger partial charge in [0.25, 0.3) is 0 Å². The van der Waals surface area contributed by atoms with E-state index < -0.39 is 23.6 Å². The molecular formula is C9H11F6N. The molecule has 1 aliphatic heterocycles. The number of hydrogen-bond acceptors (Lipinski definition) is 1. The lowest BCUT2D eigenvalue weighted by molar-refractivity contribution is -0.174. The van der Waals surface area contributed by atoms with Crippen LogP contribution in [0.3, 0.4) is 0 Å². The Morgan fingerprint density at radius 1 is 0.875 bits per heavy atom. The zero-order valence-electron chi connectivity index (χ0n) is 8.54. The van der Waals surface area contributed by atoms with Crippen LogP contribution in [0.1, 0.15) is 19.8 Å². The Balaban J connectivity index is 3.12. The molecular weight excluding hydrogens is 236 g/mol. The molecule has 0 unspecified atom stereocenters. The van der Waals surface area contributed by atoms with E-state index in [1.807, 2.05) is 0 Å². The number of hydrogen-bond donors (Lipinski definition) is 0. The first kappa shape index (κ1) is 13.2. The Kier molecular flexibility index (Phi) is 3.44. The summed E-state index contributed by atoms with van der Waals surface area (Å²) in [6.45, 7) is 1.38. The van der Waals surface area contributed by atoms with Crippen LogP contribution in [-0.4, -0.2) is 30.3 Å². The highest BCUT2D eigenvalue weighted by atomic mass is 19.4. The normalized spacial score (nSPS) is 17.8. The summed E-state index contributed by atoms with van der Waals surface area (Å²) in [4.78, 5) is 1.14. The fourth-order valence-electron chi connectivity index (χ4n) is 1.78. The van der Waals surface area contributed by atoms with Gasteiger partial charge in [0.2, 0.25) is 0 Å². The average molecular weight is 247 g/mol. The summed E-state index contributed by atoms with van der Waals surface area (Å²) >= 11 is 0. The van der Waals surface area contributed by atoms with Gasteiger partial charge in [-0.25, -0.2) is 0 Å². The van der Waals surface area contributed by atoms with Gasteiger partial charge in [0, 0.05) is 18.8 Å². The van der Waals surface area contributed by atoms with Crippen molar-refractivity contribution in [2.24, 2.45) is 0 Å². The summed E-state index contributed by atoms with van der Waals surface area (Å²) in [7, 11) is 0. The van der Waals surface area contributed by atoms with Gasteiger partial charge in [-0.05, 0) is 19.8 Å². The maximum absolute atomic E-state index is 12.3. The van der Waals surface area contributed by atoms with Crippen LogP contribution in [0.4, 0.5) is 26.3 Å². The van der Waals surface area contributed by atoms with Crippen molar-refractivity contribution in [2.75, 3.05) is 13.1 Å². The minimum atomic E-state index is -5.36. The second-order valence-electron chi connectivity index (χ2n) is 3.65. The van der Waals surface area contributed by atoms with E-state index in [4.69, 9.17) is 0 Å². The molecule has 0 aromatic heterocycles. The molecule has 0 spiro atoms. The first-order valence-corrected chi connectivity index (χ1v) is 4.74. The molecule has 1 nitrogen and oxygen atoms in total. The van der Waals surface area contributed by atoms with E-state index >= 15 is 0 Å². The van der Waals surface area contributed by atoms with Gasteiger partial charge in [0.15, 0.2) is 5.57 Å². The average Bonchev–Trinajstić information content (AvgIpc) is 2.48. The van der Waals surface area contributed by atoms with Crippen LogP contribution in [0.5, 0.6) is 0 Å². The summed E-state index contributed by atoms with van der Waals surface area (Å²) in [5.41, 5.74) is -3.11. The molecule has 0 radical (unpaired) electrons. The van der Waals surface area contributed by atoms with E-state index in [0.717, 1.165) is 11.8 Å². The lowest BCUT2D eigenvalue weighted by atomic mass is 10.2. The lowest BCUT2D eigenvalue weighted by Crippen LogP contribution is -2.32. The second kappa shape index (κ2) is 4.18.